The van der Waals surface area contributed by atoms with Crippen molar-refractivity contribution < 1.29 is 4.74 Å². The predicted octanol–water partition coefficient (Wildman–Crippen LogP) is 3.54. The number of hydrogen-bond acceptors (Lipinski definition) is 3. The Hall–Kier alpha value is -2.62. The maximum atomic E-state index is 5.44. The first kappa shape index (κ1) is 12.4. The van der Waals surface area contributed by atoms with Gasteiger partial charge < -0.3 is 4.74 Å². The summed E-state index contributed by atoms with van der Waals surface area (Å²) in [5.74, 6) is 0.876. The highest BCUT2D eigenvalue weighted by Gasteiger charge is 2.05. The van der Waals surface area contributed by atoms with Gasteiger partial charge in [-0.25, -0.2) is 0 Å². The van der Waals surface area contributed by atoms with E-state index in [4.69, 9.17) is 4.74 Å². The first-order valence-corrected chi connectivity index (χ1v) is 6.56. The van der Waals surface area contributed by atoms with Crippen LogP contribution < -0.4 is 4.74 Å². The molecule has 3 aromatic rings. The molecule has 0 saturated heterocycles. The summed E-state index contributed by atoms with van der Waals surface area (Å²) in [4.78, 5) is 4.01. The summed E-state index contributed by atoms with van der Waals surface area (Å²) in [5, 5.41) is 7.40. The number of hydrogen-bond donors (Lipinski definition) is 1. The van der Waals surface area contributed by atoms with Gasteiger partial charge in [-0.2, -0.15) is 5.10 Å². The molecule has 0 bridgehead atoms. The molecule has 20 heavy (non-hydrogen) atoms. The Labute approximate surface area is 117 Å². The standard InChI is InChI=1S/C16H15N3O/c1-2-20-14-5-3-12(4-6-14)15-11-16(19-18-15)13-7-9-17-10-8-13/h3-11H,2H2,1H3,(H,18,19). The molecule has 1 N–H and O–H groups in total. The average Bonchev–Trinajstić information content (AvgIpc) is 2.99. The fraction of sp³-hybridized carbons (Fsp3) is 0.125. The van der Waals surface area contributed by atoms with Crippen molar-refractivity contribution in [2.75, 3.05) is 6.61 Å². The maximum absolute atomic E-state index is 5.44. The second-order valence-electron chi connectivity index (χ2n) is 4.36. The molecule has 0 aliphatic heterocycles. The molecule has 2 heterocycles. The Kier molecular flexibility index (Phi) is 3.46. The van der Waals surface area contributed by atoms with E-state index in [0.29, 0.717) is 6.61 Å². The molecule has 0 amide bonds. The lowest BCUT2D eigenvalue weighted by Gasteiger charge is -2.02. The lowest BCUT2D eigenvalue weighted by Crippen LogP contribution is -1.90. The zero-order chi connectivity index (χ0) is 13.8. The largest absolute Gasteiger partial charge is 0.494 e. The molecule has 0 unspecified atom stereocenters. The fourth-order valence-electron chi connectivity index (χ4n) is 2.04. The third kappa shape index (κ3) is 2.54. The smallest absolute Gasteiger partial charge is 0.119 e. The van der Waals surface area contributed by atoms with E-state index in [1.807, 2.05) is 49.4 Å². The van der Waals surface area contributed by atoms with Crippen molar-refractivity contribution >= 4 is 0 Å². The van der Waals surface area contributed by atoms with Gasteiger partial charge in [-0.3, -0.25) is 10.1 Å². The van der Waals surface area contributed by atoms with Gasteiger partial charge in [-0.1, -0.05) is 0 Å². The van der Waals surface area contributed by atoms with Crippen molar-refractivity contribution in [1.82, 2.24) is 15.2 Å². The molecule has 0 fully saturated rings. The lowest BCUT2D eigenvalue weighted by atomic mass is 10.1. The van der Waals surface area contributed by atoms with Crippen molar-refractivity contribution in [3.05, 3.63) is 54.9 Å². The van der Waals surface area contributed by atoms with Crippen LogP contribution in [0.4, 0.5) is 0 Å². The molecule has 0 saturated carbocycles. The van der Waals surface area contributed by atoms with Gasteiger partial charge in [0.25, 0.3) is 0 Å². The minimum absolute atomic E-state index is 0.675. The zero-order valence-electron chi connectivity index (χ0n) is 11.2. The molecule has 0 aliphatic rings. The number of benzene rings is 1. The number of nitrogens with zero attached hydrogens (tertiary/aromatic N) is 2. The summed E-state index contributed by atoms with van der Waals surface area (Å²) in [5.41, 5.74) is 4.03. The number of aromatic nitrogens is 3. The molecule has 1 aromatic carbocycles. The topological polar surface area (TPSA) is 50.8 Å². The Morgan fingerprint density at radius 1 is 1.00 bits per heavy atom. The van der Waals surface area contributed by atoms with Crippen LogP contribution in [0.2, 0.25) is 0 Å². The second-order valence-corrected chi connectivity index (χ2v) is 4.36. The van der Waals surface area contributed by atoms with Crippen LogP contribution in [-0.4, -0.2) is 21.8 Å². The van der Waals surface area contributed by atoms with E-state index in [1.165, 1.54) is 0 Å². The van der Waals surface area contributed by atoms with E-state index < -0.39 is 0 Å². The second kappa shape index (κ2) is 5.57. The molecule has 3 rings (SSSR count). The molecular weight excluding hydrogens is 250 g/mol. The van der Waals surface area contributed by atoms with Crippen LogP contribution in [0.3, 0.4) is 0 Å². The molecule has 0 radical (unpaired) electrons. The predicted molar refractivity (Wildman–Crippen MR) is 78.4 cm³/mol. The summed E-state index contributed by atoms with van der Waals surface area (Å²) in [6.45, 7) is 2.65. The van der Waals surface area contributed by atoms with Crippen LogP contribution >= 0.6 is 0 Å². The maximum Gasteiger partial charge on any atom is 0.119 e. The molecule has 0 spiro atoms. The minimum atomic E-state index is 0.675. The van der Waals surface area contributed by atoms with Gasteiger partial charge in [0, 0.05) is 23.5 Å². The lowest BCUT2D eigenvalue weighted by molar-refractivity contribution is 0.340. The van der Waals surface area contributed by atoms with Crippen molar-refractivity contribution in [3.8, 4) is 28.3 Å². The van der Waals surface area contributed by atoms with Gasteiger partial charge >= 0.3 is 0 Å². The van der Waals surface area contributed by atoms with E-state index in [-0.39, 0.29) is 0 Å². The number of ether oxygens (including phenoxy) is 1. The summed E-state index contributed by atoms with van der Waals surface area (Å²) < 4.78 is 5.44. The van der Waals surface area contributed by atoms with E-state index in [2.05, 4.69) is 15.2 Å². The molecule has 2 aromatic heterocycles. The van der Waals surface area contributed by atoms with Crippen LogP contribution in [0.25, 0.3) is 22.5 Å². The normalized spacial score (nSPS) is 10.4. The Morgan fingerprint density at radius 3 is 2.45 bits per heavy atom. The summed E-state index contributed by atoms with van der Waals surface area (Å²) in [6.07, 6.45) is 3.54. The highest BCUT2D eigenvalue weighted by atomic mass is 16.5. The fourth-order valence-corrected chi connectivity index (χ4v) is 2.04. The summed E-state index contributed by atoms with van der Waals surface area (Å²) in [7, 11) is 0. The molecule has 4 nitrogen and oxygen atoms in total. The Bertz CT molecular complexity index is 674. The van der Waals surface area contributed by atoms with Gasteiger partial charge in [0.05, 0.1) is 18.0 Å². The van der Waals surface area contributed by atoms with E-state index in [1.54, 1.807) is 12.4 Å². The van der Waals surface area contributed by atoms with Crippen LogP contribution in [0, 0.1) is 0 Å². The Morgan fingerprint density at radius 2 is 1.75 bits per heavy atom. The summed E-state index contributed by atoms with van der Waals surface area (Å²) >= 11 is 0. The highest BCUT2D eigenvalue weighted by molar-refractivity contribution is 5.68. The highest BCUT2D eigenvalue weighted by Crippen LogP contribution is 2.24. The minimum Gasteiger partial charge on any atom is -0.494 e. The van der Waals surface area contributed by atoms with Gasteiger partial charge in [0.1, 0.15) is 5.75 Å². The first-order chi connectivity index (χ1) is 9.86. The van der Waals surface area contributed by atoms with Crippen molar-refractivity contribution in [1.29, 1.82) is 0 Å². The summed E-state index contributed by atoms with van der Waals surface area (Å²) in [6, 6.07) is 13.9. The van der Waals surface area contributed by atoms with Crippen LogP contribution in [0.1, 0.15) is 6.92 Å². The zero-order valence-corrected chi connectivity index (χ0v) is 11.2. The number of H-pyrrole nitrogens is 1. The van der Waals surface area contributed by atoms with Crippen molar-refractivity contribution in [2.45, 2.75) is 6.92 Å². The van der Waals surface area contributed by atoms with Crippen LogP contribution in [0.15, 0.2) is 54.9 Å². The molecule has 0 aliphatic carbocycles. The van der Waals surface area contributed by atoms with Crippen molar-refractivity contribution in [2.24, 2.45) is 0 Å². The molecule has 4 heteroatoms. The van der Waals surface area contributed by atoms with Crippen LogP contribution in [0.5, 0.6) is 5.75 Å². The van der Waals surface area contributed by atoms with Crippen molar-refractivity contribution in [3.63, 3.8) is 0 Å². The SMILES string of the molecule is CCOc1ccc(-c2cc(-c3ccncc3)[nH]n2)cc1. The van der Waals surface area contributed by atoms with E-state index >= 15 is 0 Å². The van der Waals surface area contributed by atoms with E-state index in [0.717, 1.165) is 28.3 Å². The van der Waals surface area contributed by atoms with Gasteiger partial charge in [0.2, 0.25) is 0 Å². The average molecular weight is 265 g/mol. The monoisotopic (exact) mass is 265 g/mol. The van der Waals surface area contributed by atoms with E-state index in [9.17, 15) is 0 Å². The quantitative estimate of drug-likeness (QED) is 0.785. The third-order valence-corrected chi connectivity index (χ3v) is 3.03. The van der Waals surface area contributed by atoms with Crippen LogP contribution in [-0.2, 0) is 0 Å². The number of rotatable bonds is 4. The Balaban J connectivity index is 1.86. The van der Waals surface area contributed by atoms with Gasteiger partial charge in [-0.15, -0.1) is 0 Å². The first-order valence-electron chi connectivity index (χ1n) is 6.56. The van der Waals surface area contributed by atoms with Gasteiger partial charge in [0.15, 0.2) is 0 Å². The molecule has 100 valence electrons. The number of nitrogens with one attached hydrogen (secondary N) is 1. The molecular formula is C16H15N3O. The number of aromatic amines is 1. The third-order valence-electron chi connectivity index (χ3n) is 3.03. The molecule has 0 atom stereocenters. The number of pyridine rings is 1. The van der Waals surface area contributed by atoms with Gasteiger partial charge in [-0.05, 0) is 49.4 Å².